The third-order valence-electron chi connectivity index (χ3n) is 5.33. The van der Waals surface area contributed by atoms with Crippen LogP contribution in [-0.4, -0.2) is 52.2 Å². The Bertz CT molecular complexity index is 1360. The molecular weight excluding hydrogens is 432 g/mol. The van der Waals surface area contributed by atoms with Gasteiger partial charge in [-0.25, -0.2) is 4.98 Å². The summed E-state index contributed by atoms with van der Waals surface area (Å²) in [6.07, 6.45) is 1.50. The van der Waals surface area contributed by atoms with Crippen molar-refractivity contribution in [2.45, 2.75) is 6.92 Å². The smallest absolute Gasteiger partial charge is 0.266 e. The van der Waals surface area contributed by atoms with E-state index in [0.717, 1.165) is 5.69 Å². The van der Waals surface area contributed by atoms with Crippen LogP contribution in [0.25, 0.3) is 22.7 Å². The highest BCUT2D eigenvalue weighted by Gasteiger charge is 2.26. The Labute approximate surface area is 187 Å². The van der Waals surface area contributed by atoms with E-state index in [-0.39, 0.29) is 11.8 Å². The minimum atomic E-state index is -0.159. The number of furan rings is 1. The predicted molar refractivity (Wildman–Crippen MR) is 116 cm³/mol. The highest BCUT2D eigenvalue weighted by molar-refractivity contribution is 6.31. The first-order chi connectivity index (χ1) is 15.5. The van der Waals surface area contributed by atoms with E-state index in [2.05, 4.69) is 26.2 Å². The van der Waals surface area contributed by atoms with Crippen LogP contribution in [0.4, 0.5) is 5.69 Å². The fourth-order valence-electron chi connectivity index (χ4n) is 3.78. The van der Waals surface area contributed by atoms with Gasteiger partial charge in [0.05, 0.1) is 23.5 Å². The van der Waals surface area contributed by atoms with Gasteiger partial charge in [-0.2, -0.15) is 5.26 Å². The Kier molecular flexibility index (Phi) is 4.99. The molecule has 1 amide bonds. The molecule has 1 fully saturated rings. The molecule has 10 heteroatoms. The molecular formula is C22H17ClN6O3. The Balaban J connectivity index is 1.39. The number of pyridine rings is 1. The molecule has 0 atom stereocenters. The van der Waals surface area contributed by atoms with Crippen LogP contribution in [0.2, 0.25) is 5.02 Å². The summed E-state index contributed by atoms with van der Waals surface area (Å²) in [7, 11) is 0. The number of carbonyl (C=O) groups is 1. The van der Waals surface area contributed by atoms with Crippen molar-refractivity contribution in [2.24, 2.45) is 0 Å². The molecule has 3 aromatic heterocycles. The van der Waals surface area contributed by atoms with Gasteiger partial charge in [0.25, 0.3) is 11.8 Å². The number of anilines is 1. The van der Waals surface area contributed by atoms with E-state index in [1.807, 2.05) is 6.07 Å². The van der Waals surface area contributed by atoms with Gasteiger partial charge in [0.1, 0.15) is 11.2 Å². The van der Waals surface area contributed by atoms with Crippen LogP contribution in [0, 0.1) is 18.3 Å². The van der Waals surface area contributed by atoms with Crippen molar-refractivity contribution >= 4 is 34.3 Å². The Morgan fingerprint density at radius 1 is 1.16 bits per heavy atom. The zero-order valence-electron chi connectivity index (χ0n) is 17.1. The van der Waals surface area contributed by atoms with Crippen molar-refractivity contribution in [3.8, 4) is 17.7 Å². The molecule has 4 heterocycles. The van der Waals surface area contributed by atoms with Crippen molar-refractivity contribution in [3.05, 3.63) is 58.6 Å². The summed E-state index contributed by atoms with van der Waals surface area (Å²) >= 11 is 6.14. The molecule has 5 rings (SSSR count). The lowest BCUT2D eigenvalue weighted by atomic mass is 10.1. The van der Waals surface area contributed by atoms with Gasteiger partial charge in [0, 0.05) is 49.9 Å². The predicted octanol–water partition coefficient (Wildman–Crippen LogP) is 3.67. The summed E-state index contributed by atoms with van der Waals surface area (Å²) in [6.45, 7) is 3.93. The van der Waals surface area contributed by atoms with Crippen LogP contribution in [0.3, 0.4) is 0 Å². The summed E-state index contributed by atoms with van der Waals surface area (Å²) in [4.78, 5) is 21.7. The topological polar surface area (TPSA) is 112 Å². The van der Waals surface area contributed by atoms with Gasteiger partial charge >= 0.3 is 0 Å². The molecule has 0 unspecified atom stereocenters. The van der Waals surface area contributed by atoms with E-state index in [1.54, 1.807) is 36.1 Å². The van der Waals surface area contributed by atoms with Crippen LogP contribution in [0.5, 0.6) is 0 Å². The fourth-order valence-corrected chi connectivity index (χ4v) is 4.01. The zero-order valence-corrected chi connectivity index (χ0v) is 17.8. The average molecular weight is 449 g/mol. The lowest BCUT2D eigenvalue weighted by molar-refractivity contribution is 0.0747. The van der Waals surface area contributed by atoms with Crippen molar-refractivity contribution in [1.29, 1.82) is 5.26 Å². The lowest BCUT2D eigenvalue weighted by Crippen LogP contribution is -2.48. The first kappa shape index (κ1) is 20.0. The number of nitriles is 1. The number of nitrogens with zero attached hydrogens (tertiary/aromatic N) is 6. The molecule has 4 aromatic rings. The molecule has 0 bridgehead atoms. The van der Waals surface area contributed by atoms with Crippen molar-refractivity contribution < 1.29 is 13.6 Å². The summed E-state index contributed by atoms with van der Waals surface area (Å²) in [5.41, 5.74) is 3.16. The van der Waals surface area contributed by atoms with E-state index in [9.17, 15) is 10.1 Å². The molecule has 160 valence electrons. The van der Waals surface area contributed by atoms with Gasteiger partial charge in [0.2, 0.25) is 5.89 Å². The maximum atomic E-state index is 13.4. The van der Waals surface area contributed by atoms with Gasteiger partial charge in [-0.1, -0.05) is 11.6 Å². The minimum absolute atomic E-state index is 0.159. The standard InChI is InChI=1S/C22H17ClN6O3/c1-13-26-27-21(32-13)19-11-17(20-18(25-19)2-7-31-20)22(30)29-5-3-28(4-6-29)16-9-14(12-24)8-15(23)10-16/h2,7-11H,3-6H2,1H3. The molecule has 9 nitrogen and oxygen atoms in total. The van der Waals surface area contributed by atoms with Crippen LogP contribution < -0.4 is 4.90 Å². The van der Waals surface area contributed by atoms with Crippen molar-refractivity contribution in [1.82, 2.24) is 20.1 Å². The molecule has 0 N–H and O–H groups in total. The first-order valence-corrected chi connectivity index (χ1v) is 10.3. The number of carbonyl (C=O) groups excluding carboxylic acids is 1. The Hall–Kier alpha value is -3.90. The first-order valence-electron chi connectivity index (χ1n) is 9.95. The number of amides is 1. The van der Waals surface area contributed by atoms with Crippen LogP contribution in [0.1, 0.15) is 21.8 Å². The SMILES string of the molecule is Cc1nnc(-c2cc(C(=O)N3CCN(c4cc(Cl)cc(C#N)c4)CC3)c3occc3n2)o1. The Morgan fingerprint density at radius 3 is 2.69 bits per heavy atom. The number of fused-ring (bicyclic) bond motifs is 1. The van der Waals surface area contributed by atoms with Gasteiger partial charge < -0.3 is 18.6 Å². The second-order valence-corrected chi connectivity index (χ2v) is 7.84. The van der Waals surface area contributed by atoms with E-state index < -0.39 is 0 Å². The summed E-state index contributed by atoms with van der Waals surface area (Å²) in [5, 5.41) is 17.6. The maximum absolute atomic E-state index is 13.4. The van der Waals surface area contributed by atoms with E-state index in [0.29, 0.717) is 65.0 Å². The molecule has 0 spiro atoms. The second kappa shape index (κ2) is 7.98. The molecule has 0 saturated carbocycles. The van der Waals surface area contributed by atoms with Crippen molar-refractivity contribution in [3.63, 3.8) is 0 Å². The number of piperazine rings is 1. The highest BCUT2D eigenvalue weighted by Crippen LogP contribution is 2.27. The van der Waals surface area contributed by atoms with Crippen LogP contribution in [-0.2, 0) is 0 Å². The minimum Gasteiger partial charge on any atom is -0.462 e. The number of rotatable bonds is 3. The summed E-state index contributed by atoms with van der Waals surface area (Å²) < 4.78 is 11.0. The number of aryl methyl sites for hydroxylation is 1. The van der Waals surface area contributed by atoms with Gasteiger partial charge in [-0.3, -0.25) is 4.79 Å². The van der Waals surface area contributed by atoms with E-state index in [1.165, 1.54) is 6.26 Å². The summed E-state index contributed by atoms with van der Waals surface area (Å²) in [5.74, 6) is 0.505. The molecule has 1 aliphatic rings. The van der Waals surface area contributed by atoms with Crippen LogP contribution >= 0.6 is 11.6 Å². The summed E-state index contributed by atoms with van der Waals surface area (Å²) in [6, 6.07) is 10.7. The van der Waals surface area contributed by atoms with E-state index in [4.69, 9.17) is 20.4 Å². The van der Waals surface area contributed by atoms with Crippen LogP contribution in [0.15, 0.2) is 45.4 Å². The quantitative estimate of drug-likeness (QED) is 0.466. The van der Waals surface area contributed by atoms with Gasteiger partial charge in [-0.15, -0.1) is 10.2 Å². The second-order valence-electron chi connectivity index (χ2n) is 7.41. The molecule has 0 radical (unpaired) electrons. The molecule has 1 aliphatic heterocycles. The lowest BCUT2D eigenvalue weighted by Gasteiger charge is -2.36. The normalized spacial score (nSPS) is 14.0. The zero-order chi connectivity index (χ0) is 22.2. The van der Waals surface area contributed by atoms with E-state index >= 15 is 0 Å². The monoisotopic (exact) mass is 448 g/mol. The van der Waals surface area contributed by atoms with Gasteiger partial charge in [-0.05, 0) is 24.3 Å². The maximum Gasteiger partial charge on any atom is 0.266 e. The Morgan fingerprint density at radius 2 is 1.97 bits per heavy atom. The number of halogens is 1. The third kappa shape index (κ3) is 3.65. The largest absolute Gasteiger partial charge is 0.462 e. The molecule has 1 aromatic carbocycles. The number of hydrogen-bond acceptors (Lipinski definition) is 8. The van der Waals surface area contributed by atoms with Gasteiger partial charge in [0.15, 0.2) is 5.58 Å². The molecule has 32 heavy (non-hydrogen) atoms. The fraction of sp³-hybridized carbons (Fsp3) is 0.227. The molecule has 0 aliphatic carbocycles. The number of hydrogen-bond donors (Lipinski definition) is 0. The molecule has 1 saturated heterocycles. The number of aromatic nitrogens is 3. The highest BCUT2D eigenvalue weighted by atomic mass is 35.5. The average Bonchev–Trinajstić information content (AvgIpc) is 3.46. The van der Waals surface area contributed by atoms with Crippen molar-refractivity contribution in [2.75, 3.05) is 31.1 Å². The third-order valence-corrected chi connectivity index (χ3v) is 5.55. The number of benzene rings is 1.